The van der Waals surface area contributed by atoms with Gasteiger partial charge in [0.2, 0.25) is 0 Å². The van der Waals surface area contributed by atoms with Gasteiger partial charge in [0.1, 0.15) is 5.25 Å². The molecule has 0 heterocycles. The summed E-state index contributed by atoms with van der Waals surface area (Å²) in [5.74, 6) is -0.000450. The fraction of sp³-hybridized carbons (Fsp3) is 0.900. The molecule has 0 aliphatic heterocycles. The first-order valence-electron chi connectivity index (χ1n) is 5.13. The van der Waals surface area contributed by atoms with Gasteiger partial charge in [-0.3, -0.25) is 4.79 Å². The monoisotopic (exact) mass is 236 g/mol. The predicted octanol–water partition coefficient (Wildman–Crippen LogP) is 1.64. The van der Waals surface area contributed by atoms with Gasteiger partial charge in [0.15, 0.2) is 0 Å². The Hall–Kier alpha value is -0.260. The molecule has 0 rings (SSSR count). The largest absolute Gasteiger partial charge is 0.480 e. The van der Waals surface area contributed by atoms with E-state index >= 15 is 0 Å². The highest BCUT2D eigenvalue weighted by Crippen LogP contribution is 2.14. The lowest BCUT2D eigenvalue weighted by Crippen LogP contribution is -2.16. The average Bonchev–Trinajstić information content (AvgIpc) is 2.21. The molecule has 0 aromatic rings. The minimum atomic E-state index is -0.734. The van der Waals surface area contributed by atoms with Crippen LogP contribution in [0.25, 0.3) is 0 Å². The van der Waals surface area contributed by atoms with Crippen LogP contribution in [-0.4, -0.2) is 49.0 Å². The fourth-order valence-electron chi connectivity index (χ4n) is 1.02. The smallest absolute Gasteiger partial charge is 0.316 e. The van der Waals surface area contributed by atoms with Crippen LogP contribution >= 0.6 is 11.8 Å². The third kappa shape index (κ3) is 8.72. The first kappa shape index (κ1) is 14.7. The van der Waals surface area contributed by atoms with Gasteiger partial charge in [0.05, 0.1) is 6.61 Å². The van der Waals surface area contributed by atoms with Crippen molar-refractivity contribution < 1.29 is 19.4 Å². The molecule has 0 aromatic heterocycles. The maximum atomic E-state index is 10.7. The summed E-state index contributed by atoms with van der Waals surface area (Å²) in [4.78, 5) is 10.7. The quantitative estimate of drug-likeness (QED) is 0.584. The Balaban J connectivity index is 3.25. The molecule has 0 aromatic carbocycles. The van der Waals surface area contributed by atoms with Crippen LogP contribution < -0.4 is 0 Å². The van der Waals surface area contributed by atoms with E-state index in [0.717, 1.165) is 12.2 Å². The molecule has 0 fully saturated rings. The van der Waals surface area contributed by atoms with Gasteiger partial charge in [-0.2, -0.15) is 0 Å². The van der Waals surface area contributed by atoms with Crippen LogP contribution in [0, 0.1) is 0 Å². The predicted molar refractivity (Wildman–Crippen MR) is 61.5 cm³/mol. The number of carbonyl (C=O) groups is 1. The minimum Gasteiger partial charge on any atom is -0.480 e. The lowest BCUT2D eigenvalue weighted by Gasteiger charge is -2.09. The van der Waals surface area contributed by atoms with E-state index in [-0.39, 0.29) is 5.25 Å². The SMILES string of the molecule is CCC(SCCOCCCOC)C(=O)O. The van der Waals surface area contributed by atoms with Crippen molar-refractivity contribution in [2.75, 3.05) is 32.7 Å². The van der Waals surface area contributed by atoms with E-state index in [4.69, 9.17) is 14.6 Å². The summed E-state index contributed by atoms with van der Waals surface area (Å²) in [6.45, 7) is 3.88. The van der Waals surface area contributed by atoms with Crippen molar-refractivity contribution in [1.29, 1.82) is 0 Å². The van der Waals surface area contributed by atoms with Crippen LogP contribution in [0.3, 0.4) is 0 Å². The molecular weight excluding hydrogens is 216 g/mol. The van der Waals surface area contributed by atoms with Gasteiger partial charge in [0.25, 0.3) is 0 Å². The van der Waals surface area contributed by atoms with Crippen LogP contribution in [0.15, 0.2) is 0 Å². The summed E-state index contributed by atoms with van der Waals surface area (Å²) in [5.41, 5.74) is 0. The highest BCUT2D eigenvalue weighted by atomic mass is 32.2. The molecule has 0 radical (unpaired) electrons. The van der Waals surface area contributed by atoms with E-state index in [1.165, 1.54) is 11.8 Å². The summed E-state index contributed by atoms with van der Waals surface area (Å²) in [6, 6.07) is 0. The molecule has 1 atom stereocenters. The standard InChI is InChI=1S/C10H20O4S/c1-3-9(10(11)12)15-8-7-14-6-4-5-13-2/h9H,3-8H2,1-2H3,(H,11,12). The van der Waals surface area contributed by atoms with Crippen molar-refractivity contribution in [3.05, 3.63) is 0 Å². The molecule has 0 saturated heterocycles. The molecule has 15 heavy (non-hydrogen) atoms. The topological polar surface area (TPSA) is 55.8 Å². The number of carboxylic acid groups (broad SMARTS) is 1. The molecule has 4 nitrogen and oxygen atoms in total. The van der Waals surface area contributed by atoms with Crippen molar-refractivity contribution >= 4 is 17.7 Å². The normalized spacial score (nSPS) is 12.7. The van der Waals surface area contributed by atoms with Gasteiger partial charge in [-0.1, -0.05) is 6.92 Å². The summed E-state index contributed by atoms with van der Waals surface area (Å²) in [6.07, 6.45) is 1.54. The number of hydrogen-bond acceptors (Lipinski definition) is 4. The molecule has 90 valence electrons. The Kier molecular flexibility index (Phi) is 10.1. The average molecular weight is 236 g/mol. The van der Waals surface area contributed by atoms with Crippen LogP contribution in [0.1, 0.15) is 19.8 Å². The number of carboxylic acids is 1. The fourth-order valence-corrected chi connectivity index (χ4v) is 1.90. The number of aliphatic carboxylic acids is 1. The van der Waals surface area contributed by atoms with Gasteiger partial charge in [0, 0.05) is 26.1 Å². The molecule has 0 amide bonds. The second-order valence-electron chi connectivity index (χ2n) is 3.06. The van der Waals surface area contributed by atoms with E-state index in [1.807, 2.05) is 6.92 Å². The third-order valence-electron chi connectivity index (χ3n) is 1.83. The summed E-state index contributed by atoms with van der Waals surface area (Å²) >= 11 is 1.44. The molecule has 5 heteroatoms. The zero-order chi connectivity index (χ0) is 11.5. The van der Waals surface area contributed by atoms with Crippen LogP contribution in [0.4, 0.5) is 0 Å². The maximum Gasteiger partial charge on any atom is 0.316 e. The number of methoxy groups -OCH3 is 1. The van der Waals surface area contributed by atoms with E-state index in [9.17, 15) is 4.79 Å². The number of ether oxygens (including phenoxy) is 2. The zero-order valence-electron chi connectivity index (χ0n) is 9.40. The van der Waals surface area contributed by atoms with Gasteiger partial charge in [-0.15, -0.1) is 11.8 Å². The van der Waals surface area contributed by atoms with Gasteiger partial charge >= 0.3 is 5.97 Å². The molecule has 0 saturated carbocycles. The van der Waals surface area contributed by atoms with Gasteiger partial charge < -0.3 is 14.6 Å². The highest BCUT2D eigenvalue weighted by molar-refractivity contribution is 8.00. The van der Waals surface area contributed by atoms with Crippen molar-refractivity contribution in [2.24, 2.45) is 0 Å². The van der Waals surface area contributed by atoms with Crippen LogP contribution in [0.2, 0.25) is 0 Å². The van der Waals surface area contributed by atoms with E-state index in [2.05, 4.69) is 0 Å². The first-order chi connectivity index (χ1) is 7.22. The Labute approximate surface area is 95.3 Å². The second-order valence-corrected chi connectivity index (χ2v) is 4.38. The Morgan fingerprint density at radius 3 is 2.67 bits per heavy atom. The van der Waals surface area contributed by atoms with Crippen LogP contribution in [-0.2, 0) is 14.3 Å². The summed E-state index contributed by atoms with van der Waals surface area (Å²) in [5, 5.41) is 8.47. The zero-order valence-corrected chi connectivity index (χ0v) is 10.2. The van der Waals surface area contributed by atoms with Crippen LogP contribution in [0.5, 0.6) is 0 Å². The van der Waals surface area contributed by atoms with Crippen molar-refractivity contribution in [3.63, 3.8) is 0 Å². The number of hydrogen-bond donors (Lipinski definition) is 1. The Morgan fingerprint density at radius 2 is 2.13 bits per heavy atom. The number of rotatable bonds is 10. The lowest BCUT2D eigenvalue weighted by atomic mass is 10.3. The lowest BCUT2D eigenvalue weighted by molar-refractivity contribution is -0.136. The third-order valence-corrected chi connectivity index (χ3v) is 3.17. The van der Waals surface area contributed by atoms with Gasteiger partial charge in [-0.05, 0) is 12.8 Å². The summed E-state index contributed by atoms with van der Waals surface area (Å²) in [7, 11) is 1.66. The van der Waals surface area contributed by atoms with E-state index in [0.29, 0.717) is 26.2 Å². The highest BCUT2D eigenvalue weighted by Gasteiger charge is 2.14. The van der Waals surface area contributed by atoms with Crippen molar-refractivity contribution in [2.45, 2.75) is 25.0 Å². The molecule has 1 unspecified atom stereocenters. The Morgan fingerprint density at radius 1 is 1.40 bits per heavy atom. The maximum absolute atomic E-state index is 10.7. The molecular formula is C10H20O4S. The number of thioether (sulfide) groups is 1. The van der Waals surface area contributed by atoms with Gasteiger partial charge in [-0.25, -0.2) is 0 Å². The molecule has 1 N–H and O–H groups in total. The molecule has 0 spiro atoms. The van der Waals surface area contributed by atoms with Crippen molar-refractivity contribution in [3.8, 4) is 0 Å². The molecule has 0 aliphatic rings. The van der Waals surface area contributed by atoms with Crippen molar-refractivity contribution in [1.82, 2.24) is 0 Å². The second kappa shape index (κ2) is 10.3. The Bertz CT molecular complexity index is 164. The molecule has 0 bridgehead atoms. The summed E-state index contributed by atoms with van der Waals surface area (Å²) < 4.78 is 10.2. The first-order valence-corrected chi connectivity index (χ1v) is 6.18. The van der Waals surface area contributed by atoms with E-state index < -0.39 is 5.97 Å². The molecule has 0 aliphatic carbocycles. The van der Waals surface area contributed by atoms with E-state index in [1.54, 1.807) is 7.11 Å². The minimum absolute atomic E-state index is 0.299.